The maximum absolute atomic E-state index is 11.9. The molecule has 4 nitrogen and oxygen atoms in total. The standard InChI is InChI=1S/C12H24N2O2/c1-8(9-6-5-7-16-9)14-11(15)10(13)12(2,3)4/h8-10H,5-7,13H2,1-4H3,(H,14,15)/t8?,9?,10-/m1/s1. The number of hydrogen-bond acceptors (Lipinski definition) is 3. The van der Waals surface area contributed by atoms with E-state index in [1.807, 2.05) is 27.7 Å². The second kappa shape index (κ2) is 5.15. The predicted octanol–water partition coefficient (Wildman–Crippen LogP) is 1.04. The van der Waals surface area contributed by atoms with E-state index in [4.69, 9.17) is 10.5 Å². The van der Waals surface area contributed by atoms with Crippen molar-refractivity contribution in [3.63, 3.8) is 0 Å². The van der Waals surface area contributed by atoms with Crippen LogP contribution in [0.1, 0.15) is 40.5 Å². The Bertz CT molecular complexity index is 242. The average Bonchev–Trinajstić information content (AvgIpc) is 2.67. The van der Waals surface area contributed by atoms with Gasteiger partial charge in [0.2, 0.25) is 5.91 Å². The molecule has 0 radical (unpaired) electrons. The third-order valence-electron chi connectivity index (χ3n) is 3.11. The van der Waals surface area contributed by atoms with Crippen LogP contribution in [0.5, 0.6) is 0 Å². The minimum atomic E-state index is -0.476. The van der Waals surface area contributed by atoms with Gasteiger partial charge in [0.15, 0.2) is 0 Å². The van der Waals surface area contributed by atoms with E-state index >= 15 is 0 Å². The number of rotatable bonds is 3. The van der Waals surface area contributed by atoms with Crippen molar-refractivity contribution in [1.29, 1.82) is 0 Å². The van der Waals surface area contributed by atoms with Crippen molar-refractivity contribution < 1.29 is 9.53 Å². The minimum absolute atomic E-state index is 0.0448. The van der Waals surface area contributed by atoms with Crippen LogP contribution < -0.4 is 11.1 Å². The molecular formula is C12H24N2O2. The normalized spacial score (nSPS) is 25.2. The molecule has 0 aliphatic carbocycles. The summed E-state index contributed by atoms with van der Waals surface area (Å²) >= 11 is 0. The number of hydrogen-bond donors (Lipinski definition) is 2. The molecule has 3 N–H and O–H groups in total. The van der Waals surface area contributed by atoms with Crippen LogP contribution >= 0.6 is 0 Å². The number of carbonyl (C=O) groups excluding carboxylic acids is 1. The summed E-state index contributed by atoms with van der Waals surface area (Å²) < 4.78 is 5.53. The van der Waals surface area contributed by atoms with Crippen LogP contribution in [0.2, 0.25) is 0 Å². The van der Waals surface area contributed by atoms with E-state index in [9.17, 15) is 4.79 Å². The quantitative estimate of drug-likeness (QED) is 0.758. The molecule has 94 valence electrons. The predicted molar refractivity (Wildman–Crippen MR) is 64.0 cm³/mol. The zero-order chi connectivity index (χ0) is 12.3. The fourth-order valence-corrected chi connectivity index (χ4v) is 1.80. The summed E-state index contributed by atoms with van der Waals surface area (Å²) in [4.78, 5) is 11.9. The molecule has 0 bridgehead atoms. The smallest absolute Gasteiger partial charge is 0.237 e. The van der Waals surface area contributed by atoms with E-state index in [0.717, 1.165) is 19.4 Å². The highest BCUT2D eigenvalue weighted by molar-refractivity contribution is 5.82. The van der Waals surface area contributed by atoms with Crippen LogP contribution in [-0.2, 0) is 9.53 Å². The topological polar surface area (TPSA) is 64.4 Å². The molecule has 1 fully saturated rings. The van der Waals surface area contributed by atoms with Crippen molar-refractivity contribution in [2.75, 3.05) is 6.61 Å². The molecule has 0 aromatic carbocycles. The van der Waals surface area contributed by atoms with Crippen LogP contribution in [0, 0.1) is 5.41 Å². The van der Waals surface area contributed by atoms with Gasteiger partial charge in [-0.3, -0.25) is 4.79 Å². The molecule has 3 atom stereocenters. The van der Waals surface area contributed by atoms with Gasteiger partial charge in [0, 0.05) is 6.61 Å². The zero-order valence-corrected chi connectivity index (χ0v) is 10.7. The first-order chi connectivity index (χ1) is 7.32. The van der Waals surface area contributed by atoms with E-state index in [1.54, 1.807) is 0 Å². The number of carbonyl (C=O) groups is 1. The van der Waals surface area contributed by atoms with Crippen molar-refractivity contribution in [1.82, 2.24) is 5.32 Å². The number of amides is 1. The monoisotopic (exact) mass is 228 g/mol. The molecule has 0 spiro atoms. The maximum Gasteiger partial charge on any atom is 0.237 e. The van der Waals surface area contributed by atoms with Crippen LogP contribution in [-0.4, -0.2) is 30.7 Å². The van der Waals surface area contributed by atoms with Gasteiger partial charge in [-0.15, -0.1) is 0 Å². The first kappa shape index (κ1) is 13.5. The fraction of sp³-hybridized carbons (Fsp3) is 0.917. The number of nitrogens with two attached hydrogens (primary N) is 1. The van der Waals surface area contributed by atoms with Crippen molar-refractivity contribution in [3.05, 3.63) is 0 Å². The summed E-state index contributed by atoms with van der Waals surface area (Å²) in [6.45, 7) is 8.68. The second-order valence-electron chi connectivity index (χ2n) is 5.69. The Balaban J connectivity index is 2.44. The Kier molecular flexibility index (Phi) is 4.33. The maximum atomic E-state index is 11.9. The van der Waals surface area contributed by atoms with Gasteiger partial charge in [0.05, 0.1) is 18.2 Å². The highest BCUT2D eigenvalue weighted by atomic mass is 16.5. The van der Waals surface area contributed by atoms with E-state index < -0.39 is 6.04 Å². The SMILES string of the molecule is CC(NC(=O)[C@@H](N)C(C)(C)C)C1CCCO1. The van der Waals surface area contributed by atoms with Crippen LogP contribution in [0.15, 0.2) is 0 Å². The largest absolute Gasteiger partial charge is 0.376 e. The molecule has 0 aromatic heterocycles. The van der Waals surface area contributed by atoms with Gasteiger partial charge in [0.1, 0.15) is 0 Å². The Labute approximate surface area is 97.9 Å². The summed E-state index contributed by atoms with van der Waals surface area (Å²) in [6.07, 6.45) is 2.25. The van der Waals surface area contributed by atoms with Crippen LogP contribution in [0.3, 0.4) is 0 Å². The first-order valence-electron chi connectivity index (χ1n) is 6.00. The second-order valence-corrected chi connectivity index (χ2v) is 5.69. The van der Waals surface area contributed by atoms with Gasteiger partial charge in [-0.25, -0.2) is 0 Å². The minimum Gasteiger partial charge on any atom is -0.376 e. The molecule has 1 amide bonds. The average molecular weight is 228 g/mol. The summed E-state index contributed by atoms with van der Waals surface area (Å²) in [5, 5.41) is 2.94. The lowest BCUT2D eigenvalue weighted by molar-refractivity contribution is -0.126. The lowest BCUT2D eigenvalue weighted by Crippen LogP contribution is -2.53. The highest BCUT2D eigenvalue weighted by Crippen LogP contribution is 2.19. The van der Waals surface area contributed by atoms with Crippen molar-refractivity contribution >= 4 is 5.91 Å². The van der Waals surface area contributed by atoms with E-state index in [0.29, 0.717) is 0 Å². The lowest BCUT2D eigenvalue weighted by Gasteiger charge is -2.28. The Morgan fingerprint density at radius 1 is 1.50 bits per heavy atom. The van der Waals surface area contributed by atoms with Gasteiger partial charge < -0.3 is 15.8 Å². The fourth-order valence-electron chi connectivity index (χ4n) is 1.80. The molecule has 0 aromatic rings. The van der Waals surface area contributed by atoms with Crippen molar-refractivity contribution in [3.8, 4) is 0 Å². The van der Waals surface area contributed by atoms with Crippen LogP contribution in [0.4, 0.5) is 0 Å². The molecule has 16 heavy (non-hydrogen) atoms. The number of ether oxygens (including phenoxy) is 1. The molecular weight excluding hydrogens is 204 g/mol. The van der Waals surface area contributed by atoms with Gasteiger partial charge in [-0.1, -0.05) is 20.8 Å². The van der Waals surface area contributed by atoms with Crippen LogP contribution in [0.25, 0.3) is 0 Å². The summed E-state index contributed by atoms with van der Waals surface area (Å²) in [5.74, 6) is -0.0875. The molecule has 4 heteroatoms. The summed E-state index contributed by atoms with van der Waals surface area (Å²) in [5.41, 5.74) is 5.68. The van der Waals surface area contributed by atoms with Gasteiger partial charge >= 0.3 is 0 Å². The molecule has 1 aliphatic rings. The van der Waals surface area contributed by atoms with E-state index in [-0.39, 0.29) is 23.5 Å². The molecule has 1 heterocycles. The third kappa shape index (κ3) is 3.46. The van der Waals surface area contributed by atoms with E-state index in [1.165, 1.54) is 0 Å². The lowest BCUT2D eigenvalue weighted by atomic mass is 9.86. The molecule has 1 rings (SSSR count). The third-order valence-corrected chi connectivity index (χ3v) is 3.11. The molecule has 2 unspecified atom stereocenters. The Morgan fingerprint density at radius 3 is 2.56 bits per heavy atom. The highest BCUT2D eigenvalue weighted by Gasteiger charge is 2.30. The summed E-state index contributed by atoms with van der Waals surface area (Å²) in [6, 6.07) is -0.431. The number of nitrogens with one attached hydrogen (secondary N) is 1. The van der Waals surface area contributed by atoms with Crippen molar-refractivity contribution in [2.45, 2.75) is 58.7 Å². The molecule has 0 saturated carbocycles. The molecule has 1 aliphatic heterocycles. The van der Waals surface area contributed by atoms with Gasteiger partial charge in [-0.2, -0.15) is 0 Å². The van der Waals surface area contributed by atoms with Gasteiger partial charge in [0.25, 0.3) is 0 Å². The van der Waals surface area contributed by atoms with E-state index in [2.05, 4.69) is 5.32 Å². The Hall–Kier alpha value is -0.610. The van der Waals surface area contributed by atoms with Crippen molar-refractivity contribution in [2.24, 2.45) is 11.1 Å². The first-order valence-corrected chi connectivity index (χ1v) is 6.00. The summed E-state index contributed by atoms with van der Waals surface area (Å²) in [7, 11) is 0. The van der Waals surface area contributed by atoms with Gasteiger partial charge in [-0.05, 0) is 25.2 Å². The Morgan fingerprint density at radius 2 is 2.12 bits per heavy atom. The molecule has 1 saturated heterocycles. The zero-order valence-electron chi connectivity index (χ0n) is 10.7.